The van der Waals surface area contributed by atoms with Crippen LogP contribution in [0.15, 0.2) is 0 Å². The number of aromatic nitrogens is 3. The monoisotopic (exact) mass is 181 g/mol. The molecule has 5 nitrogen and oxygen atoms in total. The van der Waals surface area contributed by atoms with Crippen LogP contribution in [-0.4, -0.2) is 27.8 Å². The first-order chi connectivity index (χ1) is 6.09. The van der Waals surface area contributed by atoms with E-state index in [1.165, 1.54) is 0 Å². The van der Waals surface area contributed by atoms with Crippen molar-refractivity contribution >= 4 is 5.95 Å². The van der Waals surface area contributed by atoms with Crippen molar-refractivity contribution in [1.29, 1.82) is 0 Å². The summed E-state index contributed by atoms with van der Waals surface area (Å²) in [5.74, 6) is 0.542. The van der Waals surface area contributed by atoms with Crippen LogP contribution in [0.2, 0.25) is 0 Å². The molecule has 72 valence electrons. The third-order valence-electron chi connectivity index (χ3n) is 1.67. The predicted octanol–water partition coefficient (Wildman–Crippen LogP) is 0.248. The molecular weight excluding hydrogens is 166 g/mol. The van der Waals surface area contributed by atoms with Gasteiger partial charge in [-0.1, -0.05) is 0 Å². The molecule has 0 spiro atoms. The van der Waals surface area contributed by atoms with Gasteiger partial charge in [0.15, 0.2) is 0 Å². The molecule has 0 radical (unpaired) electrons. The minimum absolute atomic E-state index is 0.0882. The maximum absolute atomic E-state index is 5.57. The van der Waals surface area contributed by atoms with Crippen molar-refractivity contribution in [2.75, 3.05) is 11.9 Å². The summed E-state index contributed by atoms with van der Waals surface area (Å²) in [6.07, 6.45) is 0. The second-order valence-electron chi connectivity index (χ2n) is 3.16. The molecule has 1 aromatic rings. The van der Waals surface area contributed by atoms with Crippen molar-refractivity contribution in [1.82, 2.24) is 15.2 Å². The van der Waals surface area contributed by atoms with Crippen LogP contribution < -0.4 is 11.1 Å². The van der Waals surface area contributed by atoms with E-state index < -0.39 is 0 Å². The Morgan fingerprint density at radius 3 is 2.54 bits per heavy atom. The van der Waals surface area contributed by atoms with Gasteiger partial charge in [-0.3, -0.25) is 0 Å². The van der Waals surface area contributed by atoms with Crippen LogP contribution in [0.3, 0.4) is 0 Å². The quantitative estimate of drug-likeness (QED) is 0.699. The van der Waals surface area contributed by atoms with Crippen molar-refractivity contribution in [3.63, 3.8) is 0 Å². The smallest absolute Gasteiger partial charge is 0.243 e. The lowest BCUT2D eigenvalue weighted by atomic mass is 10.3. The highest BCUT2D eigenvalue weighted by molar-refractivity contribution is 5.24. The number of nitrogens with zero attached hydrogens (tertiary/aromatic N) is 3. The summed E-state index contributed by atoms with van der Waals surface area (Å²) in [5, 5.41) is 10.8. The van der Waals surface area contributed by atoms with Gasteiger partial charge in [-0.25, -0.2) is 4.98 Å². The zero-order valence-corrected chi connectivity index (χ0v) is 8.20. The van der Waals surface area contributed by atoms with Gasteiger partial charge >= 0.3 is 0 Å². The van der Waals surface area contributed by atoms with Crippen LogP contribution in [0, 0.1) is 13.8 Å². The van der Waals surface area contributed by atoms with E-state index in [1.54, 1.807) is 0 Å². The van der Waals surface area contributed by atoms with Gasteiger partial charge in [0.25, 0.3) is 0 Å². The Bertz CT molecular complexity index is 284. The minimum Gasteiger partial charge on any atom is -0.351 e. The average Bonchev–Trinajstić information content (AvgIpc) is 2.07. The number of hydrogen-bond donors (Lipinski definition) is 2. The molecule has 0 aliphatic carbocycles. The Labute approximate surface area is 77.8 Å². The summed E-state index contributed by atoms with van der Waals surface area (Å²) in [5.41, 5.74) is 7.31. The lowest BCUT2D eigenvalue weighted by Crippen LogP contribution is -2.26. The molecule has 5 heteroatoms. The molecule has 1 heterocycles. The molecule has 0 saturated heterocycles. The first-order valence-corrected chi connectivity index (χ1v) is 4.27. The fraction of sp³-hybridized carbons (Fsp3) is 0.625. The first kappa shape index (κ1) is 9.85. The van der Waals surface area contributed by atoms with Gasteiger partial charge in [-0.05, 0) is 20.8 Å². The van der Waals surface area contributed by atoms with E-state index in [4.69, 9.17) is 5.73 Å². The molecule has 1 atom stereocenters. The lowest BCUT2D eigenvalue weighted by molar-refractivity contribution is 0.765. The maximum Gasteiger partial charge on any atom is 0.243 e. The number of anilines is 1. The van der Waals surface area contributed by atoms with Crippen molar-refractivity contribution in [2.24, 2.45) is 5.73 Å². The number of nitrogens with two attached hydrogens (primary N) is 1. The molecule has 0 aromatic carbocycles. The topological polar surface area (TPSA) is 76.7 Å². The van der Waals surface area contributed by atoms with E-state index in [-0.39, 0.29) is 6.04 Å². The van der Waals surface area contributed by atoms with Crippen molar-refractivity contribution in [2.45, 2.75) is 26.8 Å². The third kappa shape index (κ3) is 2.95. The molecule has 1 unspecified atom stereocenters. The normalized spacial score (nSPS) is 12.6. The molecule has 0 bridgehead atoms. The molecule has 1 aromatic heterocycles. The van der Waals surface area contributed by atoms with Gasteiger partial charge in [0.05, 0.1) is 11.4 Å². The van der Waals surface area contributed by atoms with Crippen LogP contribution >= 0.6 is 0 Å². The van der Waals surface area contributed by atoms with Crippen LogP contribution in [0.25, 0.3) is 0 Å². The number of rotatable bonds is 3. The van der Waals surface area contributed by atoms with E-state index >= 15 is 0 Å². The molecule has 1 rings (SSSR count). The molecule has 3 N–H and O–H groups in total. The van der Waals surface area contributed by atoms with Gasteiger partial charge in [0, 0.05) is 12.6 Å². The predicted molar refractivity (Wildman–Crippen MR) is 51.4 cm³/mol. The minimum atomic E-state index is 0.0882. The van der Waals surface area contributed by atoms with Gasteiger partial charge in [0.1, 0.15) is 0 Å². The fourth-order valence-electron chi connectivity index (χ4n) is 0.784. The van der Waals surface area contributed by atoms with E-state index in [0.717, 1.165) is 11.4 Å². The molecule has 0 aliphatic heterocycles. The van der Waals surface area contributed by atoms with Crippen LogP contribution in [0.1, 0.15) is 18.3 Å². The molecule has 0 saturated carbocycles. The second-order valence-corrected chi connectivity index (χ2v) is 3.16. The van der Waals surface area contributed by atoms with Crippen LogP contribution in [-0.2, 0) is 0 Å². The average molecular weight is 181 g/mol. The molecule has 13 heavy (non-hydrogen) atoms. The summed E-state index contributed by atoms with van der Waals surface area (Å²) in [4.78, 5) is 4.20. The highest BCUT2D eigenvalue weighted by Crippen LogP contribution is 2.01. The third-order valence-corrected chi connectivity index (χ3v) is 1.67. The zero-order chi connectivity index (χ0) is 9.84. The molecule has 0 aliphatic rings. The highest BCUT2D eigenvalue weighted by atomic mass is 15.2. The number of nitrogens with one attached hydrogen (secondary N) is 1. The highest BCUT2D eigenvalue weighted by Gasteiger charge is 2.01. The SMILES string of the molecule is Cc1nnc(NCC(C)N)nc1C. The largest absolute Gasteiger partial charge is 0.351 e. The standard InChI is InChI=1S/C8H15N5/c1-5(9)4-10-8-11-6(2)7(3)12-13-8/h5H,4,9H2,1-3H3,(H,10,11,13). The summed E-state index contributed by atoms with van der Waals surface area (Å²) in [6, 6.07) is 0.0882. The second kappa shape index (κ2) is 4.13. The molecule has 0 amide bonds. The zero-order valence-electron chi connectivity index (χ0n) is 8.20. The van der Waals surface area contributed by atoms with Crippen molar-refractivity contribution < 1.29 is 0 Å². The first-order valence-electron chi connectivity index (χ1n) is 4.27. The van der Waals surface area contributed by atoms with Gasteiger partial charge in [-0.15, -0.1) is 5.10 Å². The van der Waals surface area contributed by atoms with Crippen LogP contribution in [0.5, 0.6) is 0 Å². The van der Waals surface area contributed by atoms with Gasteiger partial charge < -0.3 is 11.1 Å². The van der Waals surface area contributed by atoms with Gasteiger partial charge in [0.2, 0.25) is 5.95 Å². The van der Waals surface area contributed by atoms with Crippen molar-refractivity contribution in [3.8, 4) is 0 Å². The Balaban J connectivity index is 2.63. The Morgan fingerprint density at radius 1 is 1.31 bits per heavy atom. The van der Waals surface area contributed by atoms with Gasteiger partial charge in [-0.2, -0.15) is 5.10 Å². The number of hydrogen-bond acceptors (Lipinski definition) is 5. The summed E-state index contributed by atoms with van der Waals surface area (Å²) in [6.45, 7) is 6.36. The maximum atomic E-state index is 5.57. The van der Waals surface area contributed by atoms with Crippen molar-refractivity contribution in [3.05, 3.63) is 11.4 Å². The van der Waals surface area contributed by atoms with E-state index in [9.17, 15) is 0 Å². The van der Waals surface area contributed by atoms with E-state index in [1.807, 2.05) is 20.8 Å². The van der Waals surface area contributed by atoms with E-state index in [2.05, 4.69) is 20.5 Å². The number of aryl methyl sites for hydroxylation is 2. The fourth-order valence-corrected chi connectivity index (χ4v) is 0.784. The Kier molecular flexibility index (Phi) is 3.13. The summed E-state index contributed by atoms with van der Waals surface area (Å²) in [7, 11) is 0. The van der Waals surface area contributed by atoms with Crippen LogP contribution in [0.4, 0.5) is 5.95 Å². The Hall–Kier alpha value is -1.23. The van der Waals surface area contributed by atoms with E-state index in [0.29, 0.717) is 12.5 Å². The summed E-state index contributed by atoms with van der Waals surface area (Å²) < 4.78 is 0. The molecule has 0 fully saturated rings. The lowest BCUT2D eigenvalue weighted by Gasteiger charge is -2.07. The molecular formula is C8H15N5. The summed E-state index contributed by atoms with van der Waals surface area (Å²) >= 11 is 0. The Morgan fingerprint density at radius 2 is 2.00 bits per heavy atom.